The maximum absolute atomic E-state index is 12.3. The number of carboxylic acid groups (broad SMARTS) is 1. The number of aliphatic carboxylic acids is 1. The zero-order chi connectivity index (χ0) is 14.6. The monoisotopic (exact) mass is 283 g/mol. The smallest absolute Gasteiger partial charge is 0.323 e. The number of nitrogens with zero attached hydrogens (tertiary/aromatic N) is 1. The second kappa shape index (κ2) is 6.06. The Hall–Kier alpha value is -1.55. The molecule has 0 aliphatic rings. The molecule has 0 fully saturated rings. The maximum Gasteiger partial charge on any atom is 0.323 e. The molecule has 0 bridgehead atoms. The summed E-state index contributed by atoms with van der Waals surface area (Å²) < 4.78 is 0. The van der Waals surface area contributed by atoms with Crippen LogP contribution in [0.25, 0.3) is 0 Å². The van der Waals surface area contributed by atoms with Gasteiger partial charge in [-0.15, -0.1) is 0 Å². The van der Waals surface area contributed by atoms with Crippen molar-refractivity contribution in [1.29, 1.82) is 0 Å². The van der Waals surface area contributed by atoms with Gasteiger partial charge in [-0.3, -0.25) is 9.59 Å². The summed E-state index contributed by atoms with van der Waals surface area (Å²) in [5.74, 6) is -1.35. The molecule has 1 rings (SSSR count). The zero-order valence-electron chi connectivity index (χ0n) is 11.3. The van der Waals surface area contributed by atoms with E-state index < -0.39 is 5.97 Å². The van der Waals surface area contributed by atoms with Crippen LogP contribution in [-0.4, -0.2) is 35.0 Å². The van der Waals surface area contributed by atoms with Crippen molar-refractivity contribution in [2.75, 3.05) is 13.1 Å². The lowest BCUT2D eigenvalue weighted by atomic mass is 9.95. The lowest BCUT2D eigenvalue weighted by Crippen LogP contribution is -2.41. The first-order valence-corrected chi connectivity index (χ1v) is 6.33. The van der Waals surface area contributed by atoms with Crippen molar-refractivity contribution >= 4 is 23.5 Å². The van der Waals surface area contributed by atoms with Crippen molar-refractivity contribution in [3.05, 3.63) is 34.9 Å². The highest BCUT2D eigenvalue weighted by atomic mass is 35.5. The highest BCUT2D eigenvalue weighted by Crippen LogP contribution is 2.18. The molecule has 104 valence electrons. The van der Waals surface area contributed by atoms with E-state index in [1.807, 2.05) is 20.8 Å². The Balaban J connectivity index is 2.97. The standard InChI is InChI=1S/C14H18ClNO3/c1-14(2,3)9-16(8-12(17)18)13(19)10-5-4-6-11(15)7-10/h4-7H,8-9H2,1-3H3,(H,17,18). The molecular formula is C14H18ClNO3. The van der Waals surface area contributed by atoms with Crippen LogP contribution < -0.4 is 0 Å². The summed E-state index contributed by atoms with van der Waals surface area (Å²) in [5, 5.41) is 9.37. The molecule has 4 nitrogen and oxygen atoms in total. The number of benzene rings is 1. The third-order valence-corrected chi connectivity index (χ3v) is 2.59. The molecule has 0 aliphatic carbocycles. The molecule has 0 saturated heterocycles. The van der Waals surface area contributed by atoms with Crippen LogP contribution in [0.5, 0.6) is 0 Å². The first-order valence-electron chi connectivity index (χ1n) is 5.96. The fourth-order valence-corrected chi connectivity index (χ4v) is 1.93. The summed E-state index contributed by atoms with van der Waals surface area (Å²) in [6.45, 7) is 5.90. The number of carboxylic acids is 1. The Bertz CT molecular complexity index is 480. The van der Waals surface area contributed by atoms with Gasteiger partial charge in [0.05, 0.1) is 0 Å². The van der Waals surface area contributed by atoms with Crippen LogP contribution in [0.1, 0.15) is 31.1 Å². The van der Waals surface area contributed by atoms with Crippen molar-refractivity contribution in [2.24, 2.45) is 5.41 Å². The molecule has 1 aromatic rings. The van der Waals surface area contributed by atoms with Gasteiger partial charge in [-0.25, -0.2) is 0 Å². The molecule has 0 heterocycles. The Kier molecular flexibility index (Phi) is 4.95. The van der Waals surface area contributed by atoms with E-state index in [0.29, 0.717) is 17.1 Å². The normalized spacial score (nSPS) is 11.2. The van der Waals surface area contributed by atoms with Crippen LogP contribution in [0.2, 0.25) is 5.02 Å². The molecule has 0 unspecified atom stereocenters. The van der Waals surface area contributed by atoms with E-state index in [-0.39, 0.29) is 17.9 Å². The average molecular weight is 284 g/mol. The second-order valence-corrected chi connectivity index (χ2v) is 6.06. The summed E-state index contributed by atoms with van der Waals surface area (Å²) in [7, 11) is 0. The van der Waals surface area contributed by atoms with Gasteiger partial charge in [-0.2, -0.15) is 0 Å². The highest BCUT2D eigenvalue weighted by Gasteiger charge is 2.24. The van der Waals surface area contributed by atoms with Crippen molar-refractivity contribution in [1.82, 2.24) is 4.90 Å². The molecule has 5 heteroatoms. The highest BCUT2D eigenvalue weighted by molar-refractivity contribution is 6.30. The van der Waals surface area contributed by atoms with Crippen LogP contribution in [0.3, 0.4) is 0 Å². The molecule has 0 aliphatic heterocycles. The molecular weight excluding hydrogens is 266 g/mol. The Morgan fingerprint density at radius 2 is 1.95 bits per heavy atom. The van der Waals surface area contributed by atoms with Crippen LogP contribution in [-0.2, 0) is 4.79 Å². The molecule has 19 heavy (non-hydrogen) atoms. The SMILES string of the molecule is CC(C)(C)CN(CC(=O)O)C(=O)c1cccc(Cl)c1. The number of rotatable bonds is 4. The van der Waals surface area contributed by atoms with Crippen LogP contribution in [0.4, 0.5) is 0 Å². The minimum atomic E-state index is -1.03. The number of hydrogen-bond donors (Lipinski definition) is 1. The fourth-order valence-electron chi connectivity index (χ4n) is 1.74. The van der Waals surface area contributed by atoms with E-state index in [4.69, 9.17) is 16.7 Å². The molecule has 0 spiro atoms. The van der Waals surface area contributed by atoms with Gasteiger partial charge in [0.15, 0.2) is 0 Å². The molecule has 1 N–H and O–H groups in total. The van der Waals surface area contributed by atoms with Gasteiger partial charge in [-0.05, 0) is 23.6 Å². The molecule has 0 saturated carbocycles. The maximum atomic E-state index is 12.3. The molecule has 1 amide bonds. The summed E-state index contributed by atoms with van der Waals surface area (Å²) >= 11 is 5.85. The van der Waals surface area contributed by atoms with Gasteiger partial charge in [-0.1, -0.05) is 38.4 Å². The van der Waals surface area contributed by atoms with E-state index in [9.17, 15) is 9.59 Å². The van der Waals surface area contributed by atoms with E-state index >= 15 is 0 Å². The Morgan fingerprint density at radius 3 is 2.42 bits per heavy atom. The van der Waals surface area contributed by atoms with Crippen molar-refractivity contribution < 1.29 is 14.7 Å². The average Bonchev–Trinajstić information content (AvgIpc) is 2.24. The summed E-state index contributed by atoms with van der Waals surface area (Å²) in [6.07, 6.45) is 0. The van der Waals surface area contributed by atoms with E-state index in [1.165, 1.54) is 4.90 Å². The molecule has 0 radical (unpaired) electrons. The minimum Gasteiger partial charge on any atom is -0.480 e. The van der Waals surface area contributed by atoms with E-state index in [1.54, 1.807) is 24.3 Å². The lowest BCUT2D eigenvalue weighted by molar-refractivity contribution is -0.138. The van der Waals surface area contributed by atoms with E-state index in [2.05, 4.69) is 0 Å². The predicted octanol–water partition coefficient (Wildman–Crippen LogP) is 2.91. The first-order chi connectivity index (χ1) is 8.69. The third-order valence-electron chi connectivity index (χ3n) is 2.35. The third kappa shape index (κ3) is 5.30. The van der Waals surface area contributed by atoms with Gasteiger partial charge in [0.25, 0.3) is 5.91 Å². The second-order valence-electron chi connectivity index (χ2n) is 5.63. The van der Waals surface area contributed by atoms with Crippen molar-refractivity contribution in [3.63, 3.8) is 0 Å². The number of amides is 1. The van der Waals surface area contributed by atoms with E-state index in [0.717, 1.165) is 0 Å². The first kappa shape index (κ1) is 15.5. The van der Waals surface area contributed by atoms with Crippen LogP contribution in [0.15, 0.2) is 24.3 Å². The molecule has 1 aromatic carbocycles. The number of carbonyl (C=O) groups excluding carboxylic acids is 1. The number of halogens is 1. The van der Waals surface area contributed by atoms with Gasteiger partial charge in [0, 0.05) is 17.1 Å². The zero-order valence-corrected chi connectivity index (χ0v) is 12.1. The van der Waals surface area contributed by atoms with Gasteiger partial charge in [0.2, 0.25) is 0 Å². The molecule has 0 atom stereocenters. The Morgan fingerprint density at radius 1 is 1.32 bits per heavy atom. The van der Waals surface area contributed by atoms with Crippen molar-refractivity contribution in [2.45, 2.75) is 20.8 Å². The van der Waals surface area contributed by atoms with Crippen LogP contribution >= 0.6 is 11.6 Å². The van der Waals surface area contributed by atoms with Gasteiger partial charge < -0.3 is 10.0 Å². The van der Waals surface area contributed by atoms with Crippen LogP contribution in [0, 0.1) is 5.41 Å². The quantitative estimate of drug-likeness (QED) is 0.924. The summed E-state index contributed by atoms with van der Waals surface area (Å²) in [5.41, 5.74) is 0.224. The topological polar surface area (TPSA) is 57.6 Å². The van der Waals surface area contributed by atoms with Crippen molar-refractivity contribution in [3.8, 4) is 0 Å². The molecule has 0 aromatic heterocycles. The fraction of sp³-hybridized carbons (Fsp3) is 0.429. The summed E-state index contributed by atoms with van der Waals surface area (Å²) in [6, 6.07) is 6.52. The van der Waals surface area contributed by atoms with Gasteiger partial charge in [0.1, 0.15) is 6.54 Å². The summed E-state index contributed by atoms with van der Waals surface area (Å²) in [4.78, 5) is 24.5. The largest absolute Gasteiger partial charge is 0.480 e. The number of carbonyl (C=O) groups is 2. The lowest BCUT2D eigenvalue weighted by Gasteiger charge is -2.28. The Labute approximate surface area is 118 Å². The minimum absolute atomic E-state index is 0.177. The predicted molar refractivity (Wildman–Crippen MR) is 74.4 cm³/mol. The van der Waals surface area contributed by atoms with Gasteiger partial charge >= 0.3 is 5.97 Å². The number of hydrogen-bond acceptors (Lipinski definition) is 2.